The number of nitrogens with one attached hydrogen (secondary N) is 1. The van der Waals surface area contributed by atoms with Gasteiger partial charge in [-0.15, -0.1) is 0 Å². The number of H-pyrrole nitrogens is 1. The number of hydrogen-bond acceptors (Lipinski definition) is 9. The van der Waals surface area contributed by atoms with E-state index < -0.39 is 43.6 Å². The predicted octanol–water partition coefficient (Wildman–Crippen LogP) is 1.79. The van der Waals surface area contributed by atoms with Gasteiger partial charge in [0.25, 0.3) is 0 Å². The fourth-order valence-corrected chi connectivity index (χ4v) is 4.98. The average Bonchev–Trinajstić information content (AvgIpc) is 2.99. The number of ether oxygens (including phenoxy) is 1. The highest BCUT2D eigenvalue weighted by atomic mass is 32.1. The highest BCUT2D eigenvalue weighted by Crippen LogP contribution is 2.52. The minimum atomic E-state index is -4.33. The van der Waals surface area contributed by atoms with Crippen molar-refractivity contribution in [1.29, 1.82) is 0 Å². The molecule has 184 valence electrons. The van der Waals surface area contributed by atoms with E-state index in [-0.39, 0.29) is 28.4 Å². The zero-order valence-electron chi connectivity index (χ0n) is 19.1. The summed E-state index contributed by atoms with van der Waals surface area (Å²) < 4.78 is 24.8. The number of hydrogen-bond donors (Lipinski definition) is 5. The van der Waals surface area contributed by atoms with Crippen molar-refractivity contribution in [3.05, 3.63) is 32.4 Å². The van der Waals surface area contributed by atoms with Crippen molar-refractivity contribution in [2.45, 2.75) is 83.4 Å². The summed E-state index contributed by atoms with van der Waals surface area (Å²) in [6.45, 7) is 7.86. The number of rotatable bonds is 7. The fourth-order valence-electron chi connectivity index (χ4n) is 3.75. The zero-order chi connectivity index (χ0) is 24.9. The van der Waals surface area contributed by atoms with Gasteiger partial charge in [0.1, 0.15) is 17.9 Å². The third-order valence-electron chi connectivity index (χ3n) is 6.22. The molecule has 13 heteroatoms. The maximum atomic E-state index is 12.7. The molecule has 1 aliphatic rings. The van der Waals surface area contributed by atoms with Crippen LogP contribution in [0.3, 0.4) is 0 Å². The lowest BCUT2D eigenvalue weighted by Gasteiger charge is -2.34. The molecule has 3 heterocycles. The SMILES string of the molecule is CCC(C)(C[C@H]1O[C@@H](n2cc3c(=O)c(C)c(C)[nH]c3nc2=S)[C@@H](O)C1O)OP(=O)(O)C(C)O. The van der Waals surface area contributed by atoms with Gasteiger partial charge in [0.15, 0.2) is 17.5 Å². The Morgan fingerprint density at radius 3 is 2.61 bits per heavy atom. The van der Waals surface area contributed by atoms with Gasteiger partial charge in [-0.1, -0.05) is 6.92 Å². The molecule has 33 heavy (non-hydrogen) atoms. The van der Waals surface area contributed by atoms with Gasteiger partial charge in [0.2, 0.25) is 4.77 Å². The molecule has 0 aliphatic carbocycles. The Morgan fingerprint density at radius 1 is 1.39 bits per heavy atom. The van der Waals surface area contributed by atoms with Gasteiger partial charge < -0.3 is 34.5 Å². The Kier molecular flexibility index (Phi) is 7.34. The lowest BCUT2D eigenvalue weighted by molar-refractivity contribution is -0.0685. The van der Waals surface area contributed by atoms with Crippen molar-refractivity contribution in [2.75, 3.05) is 0 Å². The molecule has 4 unspecified atom stereocenters. The number of pyridine rings is 1. The van der Waals surface area contributed by atoms with Crippen LogP contribution in [0, 0.1) is 18.6 Å². The molecule has 1 aliphatic heterocycles. The molecule has 2 aromatic heterocycles. The van der Waals surface area contributed by atoms with Gasteiger partial charge in [-0.2, -0.15) is 0 Å². The van der Waals surface area contributed by atoms with E-state index in [1.807, 2.05) is 0 Å². The summed E-state index contributed by atoms with van der Waals surface area (Å²) in [5, 5.41) is 31.1. The summed E-state index contributed by atoms with van der Waals surface area (Å²) in [6.07, 6.45) is -3.27. The van der Waals surface area contributed by atoms with Gasteiger partial charge in [0, 0.05) is 23.9 Å². The minimum Gasteiger partial charge on any atom is -0.388 e. The number of aromatic amines is 1. The molecular weight excluding hydrogens is 473 g/mol. The number of nitrogens with zero attached hydrogens (tertiary/aromatic N) is 2. The molecule has 3 rings (SSSR count). The molecule has 0 spiro atoms. The highest BCUT2D eigenvalue weighted by molar-refractivity contribution is 7.71. The third-order valence-corrected chi connectivity index (χ3v) is 8.17. The van der Waals surface area contributed by atoms with Crippen molar-refractivity contribution in [1.82, 2.24) is 14.5 Å². The van der Waals surface area contributed by atoms with E-state index in [4.69, 9.17) is 21.5 Å². The molecule has 0 radical (unpaired) electrons. The van der Waals surface area contributed by atoms with E-state index in [0.29, 0.717) is 16.9 Å². The smallest absolute Gasteiger partial charge is 0.356 e. The maximum Gasteiger partial charge on any atom is 0.356 e. The van der Waals surface area contributed by atoms with Crippen molar-refractivity contribution in [3.8, 4) is 0 Å². The van der Waals surface area contributed by atoms with Crippen molar-refractivity contribution in [3.63, 3.8) is 0 Å². The molecule has 0 aromatic carbocycles. The summed E-state index contributed by atoms with van der Waals surface area (Å²) in [4.78, 5) is 29.9. The lowest BCUT2D eigenvalue weighted by Crippen LogP contribution is -2.39. The fraction of sp³-hybridized carbons (Fsp3) is 0.650. The van der Waals surface area contributed by atoms with Crippen LogP contribution in [-0.2, 0) is 13.8 Å². The first kappa shape index (κ1) is 26.1. The van der Waals surface area contributed by atoms with E-state index >= 15 is 0 Å². The molecule has 5 N–H and O–H groups in total. The van der Waals surface area contributed by atoms with Crippen LogP contribution < -0.4 is 5.43 Å². The number of fused-ring (bicyclic) bond motifs is 1. The van der Waals surface area contributed by atoms with Gasteiger partial charge >= 0.3 is 7.60 Å². The van der Waals surface area contributed by atoms with E-state index in [1.54, 1.807) is 27.7 Å². The Balaban J connectivity index is 1.94. The minimum absolute atomic E-state index is 0.0294. The second kappa shape index (κ2) is 9.27. The molecule has 0 saturated carbocycles. The quantitative estimate of drug-likeness (QED) is 0.278. The number of aliphatic hydroxyl groups is 3. The van der Waals surface area contributed by atoms with Gasteiger partial charge in [-0.3, -0.25) is 13.9 Å². The Morgan fingerprint density at radius 2 is 2.03 bits per heavy atom. The van der Waals surface area contributed by atoms with Crippen LogP contribution in [-0.4, -0.2) is 64.5 Å². The van der Waals surface area contributed by atoms with Gasteiger partial charge in [0.05, 0.1) is 17.1 Å². The van der Waals surface area contributed by atoms with Crippen molar-refractivity contribution < 1.29 is 34.0 Å². The van der Waals surface area contributed by atoms with E-state index in [1.165, 1.54) is 10.8 Å². The molecule has 1 fully saturated rings. The number of aryl methyl sites for hydroxylation is 1. The molecule has 2 aromatic rings. The first-order valence-electron chi connectivity index (χ1n) is 10.6. The van der Waals surface area contributed by atoms with Crippen LogP contribution in [0.4, 0.5) is 0 Å². The summed E-state index contributed by atoms with van der Waals surface area (Å²) in [7, 11) is -4.33. The summed E-state index contributed by atoms with van der Waals surface area (Å²) >= 11 is 5.33. The lowest BCUT2D eigenvalue weighted by atomic mass is 9.93. The molecule has 11 nitrogen and oxygen atoms in total. The second-order valence-electron chi connectivity index (χ2n) is 8.74. The van der Waals surface area contributed by atoms with Gasteiger partial charge in [-0.05, 0) is 46.3 Å². The summed E-state index contributed by atoms with van der Waals surface area (Å²) in [6, 6.07) is 0. The standard InChI is InChI=1S/C20H30N3O8PS/c1-6-20(5,31-32(28,29)11(4)24)7-13-15(26)16(27)18(30-13)23-8-12-14(25)9(2)10(3)21-17(12)22-19(23)33/h8,11,13,15-16,18,24,26-27H,6-7H2,1-5H3,(H,28,29)(H,21,22,33)/t11?,13-,15?,16+,18-,20?/m1/s1. The van der Waals surface area contributed by atoms with Crippen LogP contribution in [0.15, 0.2) is 11.0 Å². The Bertz CT molecular complexity index is 1210. The normalized spacial score (nSPS) is 27.9. The van der Waals surface area contributed by atoms with Crippen molar-refractivity contribution in [2.24, 2.45) is 0 Å². The number of aromatic nitrogens is 3. The van der Waals surface area contributed by atoms with Crippen LogP contribution in [0.5, 0.6) is 0 Å². The molecule has 1 saturated heterocycles. The number of aliphatic hydroxyl groups excluding tert-OH is 3. The first-order valence-corrected chi connectivity index (χ1v) is 12.6. The molecule has 0 bridgehead atoms. The molecular formula is C20H30N3O8PS. The van der Waals surface area contributed by atoms with Crippen LogP contribution in [0.25, 0.3) is 11.0 Å². The summed E-state index contributed by atoms with van der Waals surface area (Å²) in [5.74, 6) is -1.59. The Hall–Kier alpha value is -1.50. The topological polar surface area (TPSA) is 167 Å². The van der Waals surface area contributed by atoms with Gasteiger partial charge in [-0.25, -0.2) is 4.98 Å². The third kappa shape index (κ3) is 4.98. The van der Waals surface area contributed by atoms with Crippen LogP contribution in [0.1, 0.15) is 51.1 Å². The molecule has 0 amide bonds. The van der Waals surface area contributed by atoms with Crippen molar-refractivity contribution >= 4 is 30.8 Å². The Labute approximate surface area is 195 Å². The van der Waals surface area contributed by atoms with E-state index in [2.05, 4.69) is 9.97 Å². The second-order valence-corrected chi connectivity index (χ2v) is 11.2. The first-order chi connectivity index (χ1) is 15.2. The zero-order valence-corrected chi connectivity index (χ0v) is 20.8. The largest absolute Gasteiger partial charge is 0.388 e. The monoisotopic (exact) mass is 503 g/mol. The predicted molar refractivity (Wildman–Crippen MR) is 122 cm³/mol. The van der Waals surface area contributed by atoms with Crippen LogP contribution >= 0.6 is 19.8 Å². The average molecular weight is 504 g/mol. The summed E-state index contributed by atoms with van der Waals surface area (Å²) in [5.41, 5.74) is -0.00193. The highest BCUT2D eigenvalue weighted by Gasteiger charge is 2.48. The molecule has 7 atom stereocenters. The van der Waals surface area contributed by atoms with E-state index in [0.717, 1.165) is 6.92 Å². The van der Waals surface area contributed by atoms with Crippen LogP contribution in [0.2, 0.25) is 0 Å². The maximum absolute atomic E-state index is 12.7. The van der Waals surface area contributed by atoms with E-state index in [9.17, 15) is 29.6 Å².